The van der Waals surface area contributed by atoms with Crippen LogP contribution in [0.4, 0.5) is 0 Å². The fourth-order valence-corrected chi connectivity index (χ4v) is 2.33. The van der Waals surface area contributed by atoms with Crippen molar-refractivity contribution in [1.82, 2.24) is 10.2 Å². The first-order chi connectivity index (χ1) is 11.1. The highest BCUT2D eigenvalue weighted by molar-refractivity contribution is 5.81. The van der Waals surface area contributed by atoms with Crippen molar-refractivity contribution in [2.75, 3.05) is 0 Å². The van der Waals surface area contributed by atoms with E-state index in [0.29, 0.717) is 16.7 Å². The summed E-state index contributed by atoms with van der Waals surface area (Å²) < 4.78 is 5.66. The van der Waals surface area contributed by atoms with Crippen LogP contribution in [-0.2, 0) is 0 Å². The van der Waals surface area contributed by atoms with Crippen molar-refractivity contribution < 1.29 is 14.6 Å². The monoisotopic (exact) mass is 306 g/mol. The molecule has 0 aliphatic rings. The fraction of sp³-hybridized carbons (Fsp3) is 0. The molecule has 0 fully saturated rings. The maximum Gasteiger partial charge on any atom is 0.252 e. The van der Waals surface area contributed by atoms with Gasteiger partial charge in [-0.2, -0.15) is 0 Å². The Bertz CT molecular complexity index is 897. The molecule has 0 amide bonds. The van der Waals surface area contributed by atoms with Gasteiger partial charge in [0.2, 0.25) is 5.89 Å². The number of nitrogens with zero attached hydrogens (tertiary/aromatic N) is 2. The molecule has 0 radical (unpaired) electrons. The molecule has 3 rings (SSSR count). The van der Waals surface area contributed by atoms with E-state index in [0.717, 1.165) is 5.56 Å². The predicted octanol–water partition coefficient (Wildman–Crippen LogP) is 4.10. The van der Waals surface area contributed by atoms with Crippen molar-refractivity contribution in [2.45, 2.75) is 0 Å². The third-order valence-corrected chi connectivity index (χ3v) is 3.41. The van der Waals surface area contributed by atoms with Gasteiger partial charge in [-0.3, -0.25) is 0 Å². The zero-order valence-electron chi connectivity index (χ0n) is 12.2. The van der Waals surface area contributed by atoms with Gasteiger partial charge >= 0.3 is 0 Å². The Morgan fingerprint density at radius 3 is 2.43 bits per heavy atom. The van der Waals surface area contributed by atoms with Crippen LogP contribution >= 0.6 is 0 Å². The van der Waals surface area contributed by atoms with Crippen LogP contribution in [0.2, 0.25) is 0 Å². The number of aromatic nitrogens is 2. The molecular formula is C18H14N2O3. The normalized spacial score (nSPS) is 10.4. The molecule has 1 heterocycles. The molecule has 2 N–H and O–H groups in total. The minimum Gasteiger partial charge on any atom is -0.508 e. The van der Waals surface area contributed by atoms with Crippen LogP contribution < -0.4 is 0 Å². The van der Waals surface area contributed by atoms with Crippen molar-refractivity contribution in [3.8, 4) is 34.4 Å². The molecule has 0 bridgehead atoms. The summed E-state index contributed by atoms with van der Waals surface area (Å²) in [6.45, 7) is 7.50. The molecule has 23 heavy (non-hydrogen) atoms. The topological polar surface area (TPSA) is 79.4 Å². The largest absolute Gasteiger partial charge is 0.508 e. The van der Waals surface area contributed by atoms with Gasteiger partial charge in [0.05, 0.1) is 5.56 Å². The zero-order chi connectivity index (χ0) is 16.4. The molecule has 114 valence electrons. The van der Waals surface area contributed by atoms with Gasteiger partial charge in [-0.25, -0.2) is 0 Å². The average Bonchev–Trinajstić information content (AvgIpc) is 3.04. The minimum absolute atomic E-state index is 0.0107. The van der Waals surface area contributed by atoms with Crippen LogP contribution in [0.15, 0.2) is 54.0 Å². The molecule has 0 spiro atoms. The molecular weight excluding hydrogens is 292 g/mol. The molecule has 0 aliphatic carbocycles. The van der Waals surface area contributed by atoms with Gasteiger partial charge in [-0.15, -0.1) is 10.2 Å². The highest BCUT2D eigenvalue weighted by Crippen LogP contribution is 2.36. The second kappa shape index (κ2) is 5.81. The Hall–Kier alpha value is -3.34. The Balaban J connectivity index is 2.14. The molecule has 1 aromatic heterocycles. The van der Waals surface area contributed by atoms with Gasteiger partial charge in [0.15, 0.2) is 0 Å². The van der Waals surface area contributed by atoms with E-state index in [1.165, 1.54) is 12.1 Å². The second-order valence-corrected chi connectivity index (χ2v) is 4.83. The van der Waals surface area contributed by atoms with E-state index in [1.807, 2.05) is 0 Å². The van der Waals surface area contributed by atoms with Crippen LogP contribution in [0.3, 0.4) is 0 Å². The van der Waals surface area contributed by atoms with Gasteiger partial charge in [-0.1, -0.05) is 37.4 Å². The Morgan fingerprint density at radius 2 is 1.74 bits per heavy atom. The Labute approximate surface area is 132 Å². The van der Waals surface area contributed by atoms with E-state index in [-0.39, 0.29) is 23.3 Å². The summed E-state index contributed by atoms with van der Waals surface area (Å²) in [6.07, 6.45) is 3.26. The number of phenols is 2. The number of phenolic OH excluding ortho intramolecular Hbond substituents is 2. The van der Waals surface area contributed by atoms with Crippen LogP contribution in [0.1, 0.15) is 11.1 Å². The number of rotatable bonds is 4. The SMILES string of the molecule is C=Cc1ccc(O)c(-c2nnc(-c3cccc(O)c3)o2)c1C=C. The average molecular weight is 306 g/mol. The lowest BCUT2D eigenvalue weighted by atomic mass is 10.00. The van der Waals surface area contributed by atoms with Crippen LogP contribution in [0.25, 0.3) is 35.1 Å². The van der Waals surface area contributed by atoms with E-state index in [2.05, 4.69) is 23.4 Å². The Kier molecular flexibility index (Phi) is 3.68. The summed E-state index contributed by atoms with van der Waals surface area (Å²) in [5.74, 6) is 0.524. The molecule has 0 atom stereocenters. The first-order valence-electron chi connectivity index (χ1n) is 6.88. The summed E-state index contributed by atoms with van der Waals surface area (Å²) in [5.41, 5.74) is 2.44. The first-order valence-corrected chi connectivity index (χ1v) is 6.88. The number of hydrogen-bond donors (Lipinski definition) is 2. The smallest absolute Gasteiger partial charge is 0.252 e. The molecule has 0 aliphatic heterocycles. The third-order valence-electron chi connectivity index (χ3n) is 3.41. The van der Waals surface area contributed by atoms with Gasteiger partial charge in [-0.05, 0) is 35.4 Å². The number of benzene rings is 2. The summed E-state index contributed by atoms with van der Waals surface area (Å²) >= 11 is 0. The predicted molar refractivity (Wildman–Crippen MR) is 88.7 cm³/mol. The molecule has 3 aromatic rings. The summed E-state index contributed by atoms with van der Waals surface area (Å²) in [4.78, 5) is 0. The number of hydrogen-bond acceptors (Lipinski definition) is 5. The molecule has 5 heteroatoms. The van der Waals surface area contributed by atoms with Gasteiger partial charge in [0.1, 0.15) is 11.5 Å². The van der Waals surface area contributed by atoms with E-state index < -0.39 is 0 Å². The highest BCUT2D eigenvalue weighted by Gasteiger charge is 2.18. The number of aromatic hydroxyl groups is 2. The van der Waals surface area contributed by atoms with Crippen molar-refractivity contribution in [3.63, 3.8) is 0 Å². The lowest BCUT2D eigenvalue weighted by Gasteiger charge is -2.08. The second-order valence-electron chi connectivity index (χ2n) is 4.83. The summed E-state index contributed by atoms with van der Waals surface area (Å²) in [5, 5.41) is 27.7. The summed E-state index contributed by atoms with van der Waals surface area (Å²) in [6, 6.07) is 9.76. The minimum atomic E-state index is 0.0107. The Morgan fingerprint density at radius 1 is 0.957 bits per heavy atom. The van der Waals surface area contributed by atoms with Crippen molar-refractivity contribution >= 4 is 12.2 Å². The van der Waals surface area contributed by atoms with Gasteiger partial charge < -0.3 is 14.6 Å². The van der Waals surface area contributed by atoms with E-state index in [9.17, 15) is 10.2 Å². The van der Waals surface area contributed by atoms with E-state index >= 15 is 0 Å². The highest BCUT2D eigenvalue weighted by atomic mass is 16.4. The zero-order valence-corrected chi connectivity index (χ0v) is 12.2. The lowest BCUT2D eigenvalue weighted by Crippen LogP contribution is -1.89. The maximum atomic E-state index is 10.2. The molecule has 5 nitrogen and oxygen atoms in total. The molecule has 0 saturated carbocycles. The molecule has 0 saturated heterocycles. The van der Waals surface area contributed by atoms with Crippen LogP contribution in [0, 0.1) is 0 Å². The van der Waals surface area contributed by atoms with E-state index in [1.54, 1.807) is 36.4 Å². The summed E-state index contributed by atoms with van der Waals surface area (Å²) in [7, 11) is 0. The quantitative estimate of drug-likeness (QED) is 0.758. The van der Waals surface area contributed by atoms with E-state index in [4.69, 9.17) is 4.42 Å². The lowest BCUT2D eigenvalue weighted by molar-refractivity contribution is 0.472. The maximum absolute atomic E-state index is 10.2. The van der Waals surface area contributed by atoms with Gasteiger partial charge in [0, 0.05) is 5.56 Å². The first kappa shape index (κ1) is 14.6. The third kappa shape index (κ3) is 2.60. The standard InChI is InChI=1S/C18H14N2O3/c1-3-11-8-9-15(22)16(14(11)4-2)18-20-19-17(23-18)12-6-5-7-13(21)10-12/h3-10,21-22H,1-2H2. The van der Waals surface area contributed by atoms with Crippen LogP contribution in [-0.4, -0.2) is 20.4 Å². The fourth-order valence-electron chi connectivity index (χ4n) is 2.33. The van der Waals surface area contributed by atoms with Gasteiger partial charge in [0.25, 0.3) is 5.89 Å². The van der Waals surface area contributed by atoms with Crippen LogP contribution in [0.5, 0.6) is 11.5 Å². The van der Waals surface area contributed by atoms with Crippen molar-refractivity contribution in [3.05, 3.63) is 60.7 Å². The molecule has 0 unspecified atom stereocenters. The van der Waals surface area contributed by atoms with Crippen molar-refractivity contribution in [2.24, 2.45) is 0 Å². The van der Waals surface area contributed by atoms with Crippen molar-refractivity contribution in [1.29, 1.82) is 0 Å². The molecule has 2 aromatic carbocycles.